The normalized spacial score (nSPS) is 15.2. The van der Waals surface area contributed by atoms with Crippen LogP contribution in [0.2, 0.25) is 0 Å². The van der Waals surface area contributed by atoms with Crippen molar-refractivity contribution in [3.05, 3.63) is 70.3 Å². The van der Waals surface area contributed by atoms with Crippen molar-refractivity contribution in [3.8, 4) is 5.75 Å². The monoisotopic (exact) mass is 337 g/mol. The first-order chi connectivity index (χ1) is 12.1. The van der Waals surface area contributed by atoms with Gasteiger partial charge < -0.3 is 14.7 Å². The third-order valence-corrected chi connectivity index (χ3v) is 4.74. The number of rotatable bonds is 5. The lowest BCUT2D eigenvalue weighted by atomic mass is 9.88. The molecule has 0 atom stereocenters. The number of benzene rings is 2. The van der Waals surface area contributed by atoms with E-state index < -0.39 is 0 Å². The number of aliphatic hydroxyl groups excluding tert-OH is 1. The van der Waals surface area contributed by atoms with Gasteiger partial charge in [0.1, 0.15) is 12.4 Å². The molecule has 0 radical (unpaired) electrons. The van der Waals surface area contributed by atoms with Crippen molar-refractivity contribution in [2.45, 2.75) is 26.4 Å². The van der Waals surface area contributed by atoms with Gasteiger partial charge in [-0.1, -0.05) is 35.9 Å². The second kappa shape index (κ2) is 7.85. The average Bonchev–Trinajstić information content (AvgIpc) is 2.76. The van der Waals surface area contributed by atoms with E-state index in [1.54, 1.807) is 0 Å². The highest BCUT2D eigenvalue weighted by atomic mass is 16.5. The fourth-order valence-corrected chi connectivity index (χ4v) is 3.35. The first-order valence-electron chi connectivity index (χ1n) is 8.90. The van der Waals surface area contributed by atoms with Gasteiger partial charge in [-0.3, -0.25) is 0 Å². The zero-order valence-corrected chi connectivity index (χ0v) is 15.4. The molecule has 2 aromatic rings. The fraction of sp³-hybridized carbons (Fsp3) is 0.364. The van der Waals surface area contributed by atoms with E-state index in [1.165, 1.54) is 22.3 Å². The largest absolute Gasteiger partial charge is 0.488 e. The van der Waals surface area contributed by atoms with E-state index >= 15 is 0 Å². The number of ether oxygens (including phenoxy) is 1. The molecule has 0 fully saturated rings. The Bertz CT molecular complexity index is 777. The van der Waals surface area contributed by atoms with Crippen molar-refractivity contribution in [2.24, 2.45) is 0 Å². The van der Waals surface area contributed by atoms with Gasteiger partial charge in [0.05, 0.1) is 0 Å². The van der Waals surface area contributed by atoms with Gasteiger partial charge in [0.15, 0.2) is 0 Å². The fourth-order valence-electron chi connectivity index (χ4n) is 3.35. The highest BCUT2D eigenvalue weighted by molar-refractivity contribution is 5.87. The van der Waals surface area contributed by atoms with Crippen LogP contribution in [0, 0.1) is 0 Å². The van der Waals surface area contributed by atoms with Crippen molar-refractivity contribution in [3.63, 3.8) is 0 Å². The van der Waals surface area contributed by atoms with Crippen molar-refractivity contribution in [2.75, 3.05) is 27.2 Å². The lowest BCUT2D eigenvalue weighted by molar-refractivity contribution is 0.298. The molecule has 1 aliphatic rings. The van der Waals surface area contributed by atoms with Gasteiger partial charge in [-0.25, -0.2) is 0 Å². The predicted octanol–water partition coefficient (Wildman–Crippen LogP) is 3.89. The van der Waals surface area contributed by atoms with Gasteiger partial charge in [-0.15, -0.1) is 0 Å². The molecule has 0 aromatic heterocycles. The molecule has 0 aliphatic carbocycles. The lowest BCUT2D eigenvalue weighted by Gasteiger charge is -2.17. The molecule has 25 heavy (non-hydrogen) atoms. The molecule has 3 heteroatoms. The summed E-state index contributed by atoms with van der Waals surface area (Å²) in [5.41, 5.74) is 7.42. The Morgan fingerprint density at radius 2 is 1.92 bits per heavy atom. The molecule has 0 unspecified atom stereocenters. The van der Waals surface area contributed by atoms with Crippen LogP contribution in [0.3, 0.4) is 0 Å². The van der Waals surface area contributed by atoms with Crippen molar-refractivity contribution in [1.82, 2.24) is 4.90 Å². The van der Waals surface area contributed by atoms with E-state index in [-0.39, 0.29) is 6.61 Å². The minimum atomic E-state index is 0.162. The molecule has 0 spiro atoms. The summed E-state index contributed by atoms with van der Waals surface area (Å²) >= 11 is 0. The summed E-state index contributed by atoms with van der Waals surface area (Å²) in [6.07, 6.45) is 1.68. The van der Waals surface area contributed by atoms with Gasteiger partial charge in [0.2, 0.25) is 0 Å². The first kappa shape index (κ1) is 17.7. The topological polar surface area (TPSA) is 32.7 Å². The summed E-state index contributed by atoms with van der Waals surface area (Å²) in [5.74, 6) is 0.928. The first-order valence-corrected chi connectivity index (χ1v) is 8.90. The summed E-state index contributed by atoms with van der Waals surface area (Å²) in [7, 11) is 4.21. The Morgan fingerprint density at radius 3 is 2.68 bits per heavy atom. The number of hydrogen-bond acceptors (Lipinski definition) is 3. The van der Waals surface area contributed by atoms with Crippen LogP contribution < -0.4 is 4.74 Å². The minimum Gasteiger partial charge on any atom is -0.488 e. The van der Waals surface area contributed by atoms with Gasteiger partial charge in [0.25, 0.3) is 0 Å². The maximum absolute atomic E-state index is 9.31. The van der Waals surface area contributed by atoms with E-state index in [2.05, 4.69) is 62.3 Å². The molecule has 1 heterocycles. The lowest BCUT2D eigenvalue weighted by Crippen LogP contribution is -2.13. The molecule has 1 N–H and O–H groups in total. The number of hydrogen-bond donors (Lipinski definition) is 1. The Labute approximate surface area is 150 Å². The third kappa shape index (κ3) is 3.94. The second-order valence-corrected chi connectivity index (χ2v) is 6.96. The van der Waals surface area contributed by atoms with Crippen LogP contribution in [0.25, 0.3) is 5.57 Å². The highest BCUT2D eigenvalue weighted by Crippen LogP contribution is 2.39. The van der Waals surface area contributed by atoms with Crippen LogP contribution >= 0.6 is 0 Å². The van der Waals surface area contributed by atoms with Crippen LogP contribution in [0.1, 0.15) is 35.6 Å². The summed E-state index contributed by atoms with van der Waals surface area (Å²) in [6.45, 7) is 4.00. The molecule has 0 amide bonds. The molecule has 3 nitrogen and oxygen atoms in total. The van der Waals surface area contributed by atoms with Gasteiger partial charge in [-0.2, -0.15) is 0 Å². The summed E-state index contributed by atoms with van der Waals surface area (Å²) in [5, 5.41) is 9.31. The Kier molecular flexibility index (Phi) is 5.57. The minimum absolute atomic E-state index is 0.162. The van der Waals surface area contributed by atoms with E-state index in [9.17, 15) is 5.11 Å². The average molecular weight is 337 g/mol. The number of fused-ring (bicyclic) bond motifs is 2. The van der Waals surface area contributed by atoms with Gasteiger partial charge >= 0.3 is 0 Å². The molecule has 2 aromatic carbocycles. The van der Waals surface area contributed by atoms with Crippen molar-refractivity contribution < 1.29 is 9.84 Å². The summed E-state index contributed by atoms with van der Waals surface area (Å²) < 4.78 is 6.11. The highest BCUT2D eigenvalue weighted by Gasteiger charge is 2.21. The van der Waals surface area contributed by atoms with Crippen LogP contribution in [0.15, 0.2) is 48.0 Å². The summed E-state index contributed by atoms with van der Waals surface area (Å²) in [4.78, 5) is 2.21. The predicted molar refractivity (Wildman–Crippen MR) is 103 cm³/mol. The van der Waals surface area contributed by atoms with Crippen LogP contribution in [-0.4, -0.2) is 37.3 Å². The number of nitrogens with zero attached hydrogens (tertiary/aromatic N) is 1. The van der Waals surface area contributed by atoms with Crippen molar-refractivity contribution in [1.29, 1.82) is 0 Å². The van der Waals surface area contributed by atoms with E-state index in [0.717, 1.165) is 29.8 Å². The second-order valence-electron chi connectivity index (χ2n) is 6.96. The molecule has 1 aliphatic heterocycles. The van der Waals surface area contributed by atoms with Gasteiger partial charge in [0, 0.05) is 18.7 Å². The van der Waals surface area contributed by atoms with Crippen LogP contribution in [0.5, 0.6) is 5.75 Å². The smallest absolute Gasteiger partial charge is 0.127 e. The van der Waals surface area contributed by atoms with E-state index in [0.29, 0.717) is 13.0 Å². The van der Waals surface area contributed by atoms with E-state index in [1.807, 2.05) is 6.07 Å². The molecule has 0 saturated carbocycles. The van der Waals surface area contributed by atoms with Gasteiger partial charge in [-0.05, 0) is 68.3 Å². The quantitative estimate of drug-likeness (QED) is 0.898. The zero-order valence-electron chi connectivity index (χ0n) is 15.4. The maximum Gasteiger partial charge on any atom is 0.127 e. The van der Waals surface area contributed by atoms with Crippen molar-refractivity contribution >= 4 is 5.57 Å². The van der Waals surface area contributed by atoms with Crippen LogP contribution in [-0.2, 0) is 13.0 Å². The standard InChI is InChI=1S/C22H27NO2/c1-16(10-12-23(2)3)22-19-7-5-4-6-18(19)15-25-21-9-8-17(11-13-24)14-20(21)22/h4-9,14,24H,10-13,15H2,1-3H3/b22-16-. The Morgan fingerprint density at radius 1 is 1.12 bits per heavy atom. The molecular formula is C22H27NO2. The maximum atomic E-state index is 9.31. The SMILES string of the molecule is C/C(CCN(C)C)=C1\c2ccccc2COc2ccc(CCO)cc21. The van der Waals surface area contributed by atoms with Crippen LogP contribution in [0.4, 0.5) is 0 Å². The third-order valence-electron chi connectivity index (χ3n) is 4.74. The Hall–Kier alpha value is -2.10. The summed E-state index contributed by atoms with van der Waals surface area (Å²) in [6, 6.07) is 14.8. The zero-order chi connectivity index (χ0) is 17.8. The Balaban J connectivity index is 2.16. The molecule has 0 saturated heterocycles. The molecule has 3 rings (SSSR count). The number of aliphatic hydroxyl groups is 1. The molecule has 132 valence electrons. The van der Waals surface area contributed by atoms with E-state index in [4.69, 9.17) is 4.74 Å². The molecule has 0 bridgehead atoms. The molecular weight excluding hydrogens is 310 g/mol.